The number of para-hydroxylation sites is 2. The second-order valence-electron chi connectivity index (χ2n) is 6.01. The SMILES string of the molecule is CCCNC(=O)[C@@H]1CN(S(=O)(=O)c2ccccc2C#N)c2ccccc2O1. The van der Waals surface area contributed by atoms with Gasteiger partial charge in [-0.05, 0) is 30.7 Å². The number of carbonyl (C=O) groups excluding carboxylic acids is 1. The highest BCUT2D eigenvalue weighted by Gasteiger charge is 2.38. The van der Waals surface area contributed by atoms with Crippen LogP contribution in [-0.4, -0.2) is 33.5 Å². The molecule has 0 aliphatic carbocycles. The molecule has 1 aliphatic rings. The fraction of sp³-hybridized carbons (Fsp3) is 0.263. The molecule has 0 aromatic heterocycles. The van der Waals surface area contributed by atoms with E-state index in [2.05, 4.69) is 5.32 Å². The quantitative estimate of drug-likeness (QED) is 0.849. The topological polar surface area (TPSA) is 99.5 Å². The molecule has 1 N–H and O–H groups in total. The lowest BCUT2D eigenvalue weighted by Crippen LogP contribution is -2.50. The van der Waals surface area contributed by atoms with E-state index in [0.29, 0.717) is 18.0 Å². The number of anilines is 1. The van der Waals surface area contributed by atoms with Crippen molar-refractivity contribution in [1.82, 2.24) is 5.32 Å². The summed E-state index contributed by atoms with van der Waals surface area (Å²) in [6.45, 7) is 2.23. The summed E-state index contributed by atoms with van der Waals surface area (Å²) < 4.78 is 33.5. The van der Waals surface area contributed by atoms with E-state index in [4.69, 9.17) is 4.74 Å². The molecule has 0 saturated carbocycles. The molecule has 0 spiro atoms. The number of fused-ring (bicyclic) bond motifs is 1. The van der Waals surface area contributed by atoms with Crippen LogP contribution in [0.1, 0.15) is 18.9 Å². The van der Waals surface area contributed by atoms with E-state index in [1.165, 1.54) is 12.1 Å². The standard InChI is InChI=1S/C19H19N3O4S/c1-2-11-21-19(23)17-13-22(15-8-4-5-9-16(15)26-17)27(24,25)18-10-6-3-7-14(18)12-20/h3-10,17H,2,11,13H2,1H3,(H,21,23)/t17-/m0/s1. The Morgan fingerprint density at radius 3 is 2.70 bits per heavy atom. The summed E-state index contributed by atoms with van der Waals surface area (Å²) in [4.78, 5) is 12.3. The Balaban J connectivity index is 2.05. The summed E-state index contributed by atoms with van der Waals surface area (Å²) >= 11 is 0. The van der Waals surface area contributed by atoms with E-state index >= 15 is 0 Å². The Morgan fingerprint density at radius 1 is 1.26 bits per heavy atom. The van der Waals surface area contributed by atoms with Crippen LogP contribution in [0.25, 0.3) is 0 Å². The van der Waals surface area contributed by atoms with Gasteiger partial charge >= 0.3 is 0 Å². The number of sulfonamides is 1. The fourth-order valence-electron chi connectivity index (χ4n) is 2.83. The van der Waals surface area contributed by atoms with E-state index in [1.807, 2.05) is 13.0 Å². The van der Waals surface area contributed by atoms with Gasteiger partial charge in [0.05, 0.1) is 17.8 Å². The molecule has 3 rings (SSSR count). The maximum Gasteiger partial charge on any atom is 0.265 e. The van der Waals surface area contributed by atoms with Crippen LogP contribution in [0.2, 0.25) is 0 Å². The molecule has 1 atom stereocenters. The summed E-state index contributed by atoms with van der Waals surface area (Å²) in [7, 11) is -4.05. The van der Waals surface area contributed by atoms with Gasteiger partial charge in [-0.2, -0.15) is 5.26 Å². The molecular weight excluding hydrogens is 366 g/mol. The lowest BCUT2D eigenvalue weighted by atomic mass is 10.2. The summed E-state index contributed by atoms with van der Waals surface area (Å²) in [6.07, 6.45) is -0.220. The lowest BCUT2D eigenvalue weighted by molar-refractivity contribution is -0.127. The normalized spacial score (nSPS) is 16.0. The monoisotopic (exact) mass is 385 g/mol. The second-order valence-corrected chi connectivity index (χ2v) is 7.84. The number of nitrogens with zero attached hydrogens (tertiary/aromatic N) is 2. The minimum absolute atomic E-state index is 0.0495. The Kier molecular flexibility index (Phi) is 5.33. The summed E-state index contributed by atoms with van der Waals surface area (Å²) in [5, 5.41) is 12.0. The van der Waals surface area contributed by atoms with Gasteiger partial charge < -0.3 is 10.1 Å². The molecule has 0 unspecified atom stereocenters. The van der Waals surface area contributed by atoms with E-state index in [0.717, 1.165) is 10.7 Å². The van der Waals surface area contributed by atoms with Gasteiger partial charge in [0, 0.05) is 6.54 Å². The minimum atomic E-state index is -4.05. The highest BCUT2D eigenvalue weighted by Crippen LogP contribution is 2.37. The average molecular weight is 385 g/mol. The van der Waals surface area contributed by atoms with Gasteiger partial charge in [-0.25, -0.2) is 8.42 Å². The van der Waals surface area contributed by atoms with Crippen LogP contribution < -0.4 is 14.4 Å². The van der Waals surface area contributed by atoms with Crippen molar-refractivity contribution in [2.24, 2.45) is 0 Å². The molecule has 140 valence electrons. The molecule has 0 fully saturated rings. The molecule has 0 radical (unpaired) electrons. The number of hydrogen-bond acceptors (Lipinski definition) is 5. The first-order valence-electron chi connectivity index (χ1n) is 8.54. The van der Waals surface area contributed by atoms with Crippen molar-refractivity contribution in [1.29, 1.82) is 5.26 Å². The predicted molar refractivity (Wildman–Crippen MR) is 99.8 cm³/mol. The van der Waals surface area contributed by atoms with Gasteiger partial charge in [0.1, 0.15) is 16.7 Å². The Labute approximate surface area is 158 Å². The van der Waals surface area contributed by atoms with Gasteiger partial charge in [-0.15, -0.1) is 0 Å². The number of benzene rings is 2. The molecule has 2 aromatic carbocycles. The molecule has 0 bridgehead atoms. The van der Waals surface area contributed by atoms with E-state index < -0.39 is 16.1 Å². The number of rotatable bonds is 5. The molecule has 1 heterocycles. The zero-order valence-electron chi connectivity index (χ0n) is 14.8. The first-order valence-corrected chi connectivity index (χ1v) is 9.98. The smallest absolute Gasteiger partial charge is 0.265 e. The summed E-state index contributed by atoms with van der Waals surface area (Å²) in [6, 6.07) is 14.5. The van der Waals surface area contributed by atoms with Crippen LogP contribution in [0.4, 0.5) is 5.69 Å². The Morgan fingerprint density at radius 2 is 1.96 bits per heavy atom. The van der Waals surface area contributed by atoms with Crippen molar-refractivity contribution < 1.29 is 17.9 Å². The van der Waals surface area contributed by atoms with Crippen LogP contribution in [0, 0.1) is 11.3 Å². The molecule has 7 nitrogen and oxygen atoms in total. The highest BCUT2D eigenvalue weighted by atomic mass is 32.2. The Hall–Kier alpha value is -3.05. The fourth-order valence-corrected chi connectivity index (χ4v) is 4.45. The molecule has 0 saturated heterocycles. The van der Waals surface area contributed by atoms with Crippen molar-refractivity contribution in [3.05, 3.63) is 54.1 Å². The largest absolute Gasteiger partial charge is 0.476 e. The third-order valence-electron chi connectivity index (χ3n) is 4.15. The maximum absolute atomic E-state index is 13.3. The van der Waals surface area contributed by atoms with Crippen molar-refractivity contribution in [3.8, 4) is 11.8 Å². The molecular formula is C19H19N3O4S. The first-order chi connectivity index (χ1) is 13.0. The van der Waals surface area contributed by atoms with Gasteiger partial charge in [-0.3, -0.25) is 9.10 Å². The highest BCUT2D eigenvalue weighted by molar-refractivity contribution is 7.93. The Bertz CT molecular complexity index is 998. The zero-order valence-corrected chi connectivity index (χ0v) is 15.6. The third-order valence-corrected chi connectivity index (χ3v) is 5.99. The van der Waals surface area contributed by atoms with E-state index in [-0.39, 0.29) is 22.9 Å². The van der Waals surface area contributed by atoms with Crippen molar-refractivity contribution in [2.75, 3.05) is 17.4 Å². The summed E-state index contributed by atoms with van der Waals surface area (Å²) in [5.41, 5.74) is 0.387. The van der Waals surface area contributed by atoms with Crippen LogP contribution in [0.3, 0.4) is 0 Å². The molecule has 1 aliphatic heterocycles. The summed E-state index contributed by atoms with van der Waals surface area (Å²) in [5.74, 6) is -0.0708. The number of hydrogen-bond donors (Lipinski definition) is 1. The first kappa shape index (κ1) is 18.7. The zero-order chi connectivity index (χ0) is 19.4. The number of carbonyl (C=O) groups is 1. The van der Waals surface area contributed by atoms with Gasteiger partial charge in [-0.1, -0.05) is 31.2 Å². The van der Waals surface area contributed by atoms with Crippen LogP contribution in [-0.2, 0) is 14.8 Å². The van der Waals surface area contributed by atoms with Gasteiger partial charge in [0.25, 0.3) is 15.9 Å². The minimum Gasteiger partial charge on any atom is -0.476 e. The van der Waals surface area contributed by atoms with Crippen LogP contribution in [0.15, 0.2) is 53.4 Å². The molecule has 27 heavy (non-hydrogen) atoms. The molecule has 8 heteroatoms. The van der Waals surface area contributed by atoms with Crippen molar-refractivity contribution >= 4 is 21.6 Å². The number of amides is 1. The second kappa shape index (κ2) is 7.68. The number of ether oxygens (including phenoxy) is 1. The predicted octanol–water partition coefficient (Wildman–Crippen LogP) is 2.04. The van der Waals surface area contributed by atoms with Crippen molar-refractivity contribution in [3.63, 3.8) is 0 Å². The van der Waals surface area contributed by atoms with Gasteiger partial charge in [0.15, 0.2) is 6.10 Å². The molecule has 1 amide bonds. The number of nitrogens with one attached hydrogen (secondary N) is 1. The van der Waals surface area contributed by atoms with E-state index in [9.17, 15) is 18.5 Å². The van der Waals surface area contributed by atoms with Crippen LogP contribution in [0.5, 0.6) is 5.75 Å². The van der Waals surface area contributed by atoms with E-state index in [1.54, 1.807) is 36.4 Å². The average Bonchev–Trinajstić information content (AvgIpc) is 2.70. The maximum atomic E-state index is 13.3. The third kappa shape index (κ3) is 3.59. The lowest BCUT2D eigenvalue weighted by Gasteiger charge is -2.34. The van der Waals surface area contributed by atoms with Crippen molar-refractivity contribution in [2.45, 2.75) is 24.3 Å². The molecule has 2 aromatic rings. The van der Waals surface area contributed by atoms with Gasteiger partial charge in [0.2, 0.25) is 0 Å². The number of nitriles is 1. The van der Waals surface area contributed by atoms with Crippen LogP contribution >= 0.6 is 0 Å².